The fraction of sp³-hybridized carbons (Fsp3) is 0.158. The van der Waals surface area contributed by atoms with Crippen molar-refractivity contribution in [1.29, 1.82) is 5.26 Å². The van der Waals surface area contributed by atoms with E-state index >= 15 is 0 Å². The van der Waals surface area contributed by atoms with Crippen molar-refractivity contribution in [2.75, 3.05) is 17.7 Å². The molecular weight excluding hydrogens is 398 g/mol. The molecule has 0 fully saturated rings. The van der Waals surface area contributed by atoms with Gasteiger partial charge in [-0.2, -0.15) is 5.26 Å². The summed E-state index contributed by atoms with van der Waals surface area (Å²) in [7, 11) is 0. The summed E-state index contributed by atoms with van der Waals surface area (Å²) in [5.74, 6) is -0.314. The average molecular weight is 413 g/mol. The van der Waals surface area contributed by atoms with Gasteiger partial charge in [0.15, 0.2) is 23.1 Å². The Morgan fingerprint density at radius 1 is 1.32 bits per heavy atom. The number of esters is 1. The molecule has 9 heteroatoms. The molecule has 2 aromatic heterocycles. The molecular formula is C19H15N3O4S2. The number of aryl methyl sites for hydroxylation is 1. The number of hydrogen-bond acceptors (Lipinski definition) is 8. The highest BCUT2D eigenvalue weighted by molar-refractivity contribution is 7.99. The lowest BCUT2D eigenvalue weighted by molar-refractivity contribution is -0.119. The molecule has 0 unspecified atom stereocenters. The zero-order chi connectivity index (χ0) is 19.9. The Bertz CT molecular complexity index is 1020. The van der Waals surface area contributed by atoms with Crippen LogP contribution in [0.5, 0.6) is 0 Å². The summed E-state index contributed by atoms with van der Waals surface area (Å²) in [6, 6.07) is 12.6. The number of nitrogens with one attached hydrogen (secondary N) is 1. The molecule has 142 valence electrons. The molecule has 0 aliphatic rings. The van der Waals surface area contributed by atoms with E-state index in [-0.39, 0.29) is 11.4 Å². The Labute approximate surface area is 169 Å². The van der Waals surface area contributed by atoms with Crippen LogP contribution in [-0.2, 0) is 9.53 Å². The topological polar surface area (TPSA) is 105 Å². The predicted octanol–water partition coefficient (Wildman–Crippen LogP) is 4.12. The highest BCUT2D eigenvalue weighted by Crippen LogP contribution is 2.28. The van der Waals surface area contributed by atoms with Gasteiger partial charge in [-0.05, 0) is 31.2 Å². The van der Waals surface area contributed by atoms with Crippen LogP contribution >= 0.6 is 23.1 Å². The second kappa shape index (κ2) is 9.21. The van der Waals surface area contributed by atoms with Crippen molar-refractivity contribution in [2.45, 2.75) is 11.8 Å². The first kappa shape index (κ1) is 19.7. The molecule has 3 rings (SSSR count). The number of aromatic nitrogens is 1. The molecule has 7 nitrogen and oxygen atoms in total. The van der Waals surface area contributed by atoms with E-state index in [1.807, 2.05) is 12.1 Å². The third kappa shape index (κ3) is 4.79. The van der Waals surface area contributed by atoms with Crippen molar-refractivity contribution in [3.63, 3.8) is 0 Å². The first-order valence-electron chi connectivity index (χ1n) is 8.15. The number of amides is 1. The third-order valence-corrected chi connectivity index (χ3v) is 5.44. The summed E-state index contributed by atoms with van der Waals surface area (Å²) in [6.45, 7) is 1.31. The molecule has 28 heavy (non-hydrogen) atoms. The number of nitriles is 1. The molecule has 1 amide bonds. The summed E-state index contributed by atoms with van der Waals surface area (Å²) in [5, 5.41) is 12.0. The number of hydrogen-bond donors (Lipinski definition) is 1. The predicted molar refractivity (Wildman–Crippen MR) is 106 cm³/mol. The summed E-state index contributed by atoms with van der Waals surface area (Å²) >= 11 is 2.62. The molecule has 0 bridgehead atoms. The van der Waals surface area contributed by atoms with Gasteiger partial charge in [0.1, 0.15) is 0 Å². The molecule has 0 aliphatic carbocycles. The van der Waals surface area contributed by atoms with E-state index in [1.54, 1.807) is 37.3 Å². The molecule has 1 aromatic carbocycles. The lowest BCUT2D eigenvalue weighted by Gasteiger charge is -2.09. The summed E-state index contributed by atoms with van der Waals surface area (Å²) < 4.78 is 10.4. The van der Waals surface area contributed by atoms with Crippen LogP contribution in [0.15, 0.2) is 52.0 Å². The largest absolute Gasteiger partial charge is 0.462 e. The molecule has 2 heterocycles. The second-order valence-electron chi connectivity index (χ2n) is 5.47. The molecule has 0 aliphatic heterocycles. The highest BCUT2D eigenvalue weighted by Gasteiger charge is 2.20. The summed E-state index contributed by atoms with van der Waals surface area (Å²) in [5.41, 5.74) is 0.725. The van der Waals surface area contributed by atoms with Gasteiger partial charge in [-0.15, -0.1) is 23.1 Å². The number of thiazole rings is 1. The number of carbonyl (C=O) groups is 2. The van der Waals surface area contributed by atoms with E-state index in [0.717, 1.165) is 4.90 Å². The van der Waals surface area contributed by atoms with Crippen LogP contribution in [0.3, 0.4) is 0 Å². The Morgan fingerprint density at radius 2 is 2.14 bits per heavy atom. The van der Waals surface area contributed by atoms with E-state index in [1.165, 1.54) is 29.4 Å². The third-order valence-electron chi connectivity index (χ3n) is 3.51. The van der Waals surface area contributed by atoms with E-state index in [9.17, 15) is 9.59 Å². The number of nitrogens with zero attached hydrogens (tertiary/aromatic N) is 2. The zero-order valence-corrected chi connectivity index (χ0v) is 16.4. The Morgan fingerprint density at radius 3 is 2.89 bits per heavy atom. The smallest absolute Gasteiger partial charge is 0.358 e. The van der Waals surface area contributed by atoms with E-state index in [2.05, 4.69) is 10.3 Å². The average Bonchev–Trinajstić information content (AvgIpc) is 3.35. The van der Waals surface area contributed by atoms with Gasteiger partial charge in [-0.25, -0.2) is 9.78 Å². The number of ether oxygens (including phenoxy) is 1. The Hall–Kier alpha value is -3.09. The van der Waals surface area contributed by atoms with Crippen molar-refractivity contribution >= 4 is 40.7 Å². The van der Waals surface area contributed by atoms with Gasteiger partial charge in [0, 0.05) is 9.77 Å². The first-order chi connectivity index (χ1) is 13.6. The molecule has 0 saturated heterocycles. The van der Waals surface area contributed by atoms with Crippen molar-refractivity contribution in [3.05, 3.63) is 53.2 Å². The Balaban J connectivity index is 1.60. The fourth-order valence-corrected chi connectivity index (χ4v) is 3.82. The maximum absolute atomic E-state index is 12.3. The maximum Gasteiger partial charge on any atom is 0.358 e. The molecule has 0 radical (unpaired) electrons. The van der Waals surface area contributed by atoms with Gasteiger partial charge in [-0.3, -0.25) is 4.79 Å². The van der Waals surface area contributed by atoms with Crippen molar-refractivity contribution in [3.8, 4) is 16.8 Å². The number of para-hydroxylation sites is 1. The van der Waals surface area contributed by atoms with Crippen LogP contribution in [0.25, 0.3) is 10.8 Å². The van der Waals surface area contributed by atoms with Gasteiger partial charge >= 0.3 is 5.97 Å². The Kier molecular flexibility index (Phi) is 6.47. The van der Waals surface area contributed by atoms with Crippen molar-refractivity contribution in [1.82, 2.24) is 4.98 Å². The van der Waals surface area contributed by atoms with Gasteiger partial charge in [0.2, 0.25) is 0 Å². The van der Waals surface area contributed by atoms with Crippen LogP contribution in [0.1, 0.15) is 15.4 Å². The molecule has 3 aromatic rings. The van der Waals surface area contributed by atoms with E-state index in [4.69, 9.17) is 14.4 Å². The quantitative estimate of drug-likeness (QED) is 0.459. The van der Waals surface area contributed by atoms with Gasteiger partial charge in [0.25, 0.3) is 5.91 Å². The second-order valence-corrected chi connectivity index (χ2v) is 7.69. The van der Waals surface area contributed by atoms with Crippen molar-refractivity contribution in [2.24, 2.45) is 0 Å². The van der Waals surface area contributed by atoms with Gasteiger partial charge < -0.3 is 14.5 Å². The highest BCUT2D eigenvalue weighted by atomic mass is 32.2. The van der Waals surface area contributed by atoms with Crippen LogP contribution in [0.2, 0.25) is 0 Å². The maximum atomic E-state index is 12.3. The SMILES string of the molecule is Cc1sc(-c2ccco2)nc1C(=O)OCC(=O)Nc1ccccc1SCC#N. The monoisotopic (exact) mass is 413 g/mol. The van der Waals surface area contributed by atoms with Crippen LogP contribution in [-0.4, -0.2) is 29.2 Å². The number of anilines is 1. The van der Waals surface area contributed by atoms with Gasteiger partial charge in [0.05, 0.1) is 23.8 Å². The lowest BCUT2D eigenvalue weighted by atomic mass is 10.3. The first-order valence-corrected chi connectivity index (χ1v) is 9.95. The normalized spacial score (nSPS) is 10.3. The van der Waals surface area contributed by atoms with Gasteiger partial charge in [-0.1, -0.05) is 12.1 Å². The molecule has 0 atom stereocenters. The molecule has 1 N–H and O–H groups in total. The number of furan rings is 1. The number of thioether (sulfide) groups is 1. The number of benzene rings is 1. The number of rotatable bonds is 7. The van der Waals surface area contributed by atoms with E-state index < -0.39 is 18.5 Å². The number of carbonyl (C=O) groups excluding carboxylic acids is 2. The van der Waals surface area contributed by atoms with Crippen LogP contribution in [0, 0.1) is 18.3 Å². The minimum absolute atomic E-state index is 0.161. The lowest BCUT2D eigenvalue weighted by Crippen LogP contribution is -2.21. The molecule has 0 saturated carbocycles. The van der Waals surface area contributed by atoms with Crippen molar-refractivity contribution < 1.29 is 18.7 Å². The fourth-order valence-electron chi connectivity index (χ4n) is 2.28. The van der Waals surface area contributed by atoms with Crippen LogP contribution < -0.4 is 5.32 Å². The minimum atomic E-state index is -0.672. The standard InChI is InChI=1S/C19H15N3O4S2/c1-12-17(22-18(28-12)14-6-4-9-25-14)19(24)26-11-16(23)21-13-5-2-3-7-15(13)27-10-8-20/h2-7,9H,10-11H2,1H3,(H,21,23). The minimum Gasteiger partial charge on any atom is -0.462 e. The van der Waals surface area contributed by atoms with Crippen LogP contribution in [0.4, 0.5) is 5.69 Å². The molecule has 0 spiro atoms. The van der Waals surface area contributed by atoms with E-state index in [0.29, 0.717) is 21.3 Å². The summed E-state index contributed by atoms with van der Waals surface area (Å²) in [6.07, 6.45) is 1.53. The zero-order valence-electron chi connectivity index (χ0n) is 14.8. The summed E-state index contributed by atoms with van der Waals surface area (Å²) in [4.78, 5) is 30.1.